The Morgan fingerprint density at radius 2 is 1.62 bits per heavy atom. The molecule has 9 nitrogen and oxygen atoms in total. The second-order valence-corrected chi connectivity index (χ2v) is 4.53. The maximum atomic E-state index is 11.3. The summed E-state index contributed by atoms with van der Waals surface area (Å²) in [4.78, 5) is 37.4. The Labute approximate surface area is 138 Å². The van der Waals surface area contributed by atoms with Crippen LogP contribution in [0, 0.1) is 0 Å². The molecule has 0 saturated carbocycles. The largest absolute Gasteiger partial charge is 0.514 e. The van der Waals surface area contributed by atoms with E-state index in [2.05, 4.69) is 19.2 Å². The molecule has 0 aliphatic rings. The molecule has 1 aromatic heterocycles. The van der Waals surface area contributed by atoms with E-state index in [-0.39, 0.29) is 17.6 Å². The molecule has 1 rings (SSSR count). The van der Waals surface area contributed by atoms with Gasteiger partial charge in [-0.15, -0.1) is 0 Å². The molecule has 0 fully saturated rings. The summed E-state index contributed by atoms with van der Waals surface area (Å²) >= 11 is 0. The summed E-state index contributed by atoms with van der Waals surface area (Å²) in [6, 6.07) is 1.28. The molecule has 1 aromatic rings. The number of esters is 1. The van der Waals surface area contributed by atoms with Gasteiger partial charge in [0.2, 0.25) is 5.88 Å². The number of pyridine rings is 1. The van der Waals surface area contributed by atoms with Crippen LogP contribution in [0.5, 0.6) is 11.6 Å². The van der Waals surface area contributed by atoms with E-state index in [1.807, 2.05) is 0 Å². The van der Waals surface area contributed by atoms with Gasteiger partial charge in [0, 0.05) is 24.2 Å². The minimum absolute atomic E-state index is 0.0842. The summed E-state index contributed by atoms with van der Waals surface area (Å²) in [5.74, 6) is -0.228. The fraction of sp³-hybridized carbons (Fsp3) is 0.467. The van der Waals surface area contributed by atoms with Gasteiger partial charge in [0.1, 0.15) is 5.75 Å². The second kappa shape index (κ2) is 10.0. The summed E-state index contributed by atoms with van der Waals surface area (Å²) in [7, 11) is 3.66. The van der Waals surface area contributed by atoms with E-state index in [1.165, 1.54) is 26.5 Å². The Bertz CT molecular complexity index is 587. The summed E-state index contributed by atoms with van der Waals surface area (Å²) in [6.07, 6.45) is 1.58. The minimum Gasteiger partial charge on any atom is -0.469 e. The van der Waals surface area contributed by atoms with E-state index in [0.29, 0.717) is 31.2 Å². The lowest BCUT2D eigenvalue weighted by molar-refractivity contribution is -0.140. The smallest absolute Gasteiger partial charge is 0.469 e. The first-order valence-corrected chi connectivity index (χ1v) is 7.07. The summed E-state index contributed by atoms with van der Waals surface area (Å²) < 4.78 is 23.2. The first kappa shape index (κ1) is 19.2. The summed E-state index contributed by atoms with van der Waals surface area (Å²) in [5, 5.41) is 0. The Morgan fingerprint density at radius 1 is 0.958 bits per heavy atom. The average Bonchev–Trinajstić information content (AvgIpc) is 2.59. The highest BCUT2D eigenvalue weighted by atomic mass is 16.7. The van der Waals surface area contributed by atoms with Gasteiger partial charge in [-0.3, -0.25) is 4.79 Å². The van der Waals surface area contributed by atoms with E-state index in [0.717, 1.165) is 7.11 Å². The van der Waals surface area contributed by atoms with Crippen LogP contribution in [0.15, 0.2) is 12.3 Å². The highest BCUT2D eigenvalue weighted by Crippen LogP contribution is 2.25. The van der Waals surface area contributed by atoms with Crippen molar-refractivity contribution in [1.29, 1.82) is 0 Å². The number of hydrogen-bond acceptors (Lipinski definition) is 9. The van der Waals surface area contributed by atoms with E-state index < -0.39 is 12.3 Å². The number of methoxy groups -OCH3 is 3. The van der Waals surface area contributed by atoms with Gasteiger partial charge in [-0.05, 0) is 19.3 Å². The van der Waals surface area contributed by atoms with Crippen LogP contribution in [0.3, 0.4) is 0 Å². The lowest BCUT2D eigenvalue weighted by Gasteiger charge is -2.10. The molecule has 1 heterocycles. The predicted octanol–water partition coefficient (Wildman–Crippen LogP) is 2.26. The molecule has 0 aliphatic heterocycles. The molecule has 9 heteroatoms. The van der Waals surface area contributed by atoms with E-state index in [1.54, 1.807) is 0 Å². The number of aromatic nitrogens is 1. The monoisotopic (exact) mass is 341 g/mol. The van der Waals surface area contributed by atoms with E-state index >= 15 is 0 Å². The van der Waals surface area contributed by atoms with Gasteiger partial charge < -0.3 is 23.7 Å². The number of rotatable bonds is 7. The van der Waals surface area contributed by atoms with Crippen molar-refractivity contribution in [2.24, 2.45) is 0 Å². The zero-order valence-electron chi connectivity index (χ0n) is 13.7. The van der Waals surface area contributed by atoms with Crippen molar-refractivity contribution >= 4 is 18.3 Å². The van der Waals surface area contributed by atoms with Crippen LogP contribution in [0.2, 0.25) is 0 Å². The van der Waals surface area contributed by atoms with Crippen molar-refractivity contribution in [2.75, 3.05) is 21.3 Å². The zero-order valence-corrected chi connectivity index (χ0v) is 13.7. The standard InChI is InChI=1S/C15H19NO8/c1-20-13(17)7-5-4-6-10-9-16-12(24-15(19)22-3)8-11(10)23-14(18)21-2/h8-9H,4-7H2,1-3H3. The molecule has 24 heavy (non-hydrogen) atoms. The topological polar surface area (TPSA) is 110 Å². The molecule has 0 spiro atoms. The average molecular weight is 341 g/mol. The maximum Gasteiger partial charge on any atom is 0.514 e. The molecular formula is C15H19NO8. The first-order valence-electron chi connectivity index (χ1n) is 7.07. The van der Waals surface area contributed by atoms with Crippen molar-refractivity contribution < 1.29 is 38.1 Å². The van der Waals surface area contributed by atoms with Crippen LogP contribution >= 0.6 is 0 Å². The molecule has 0 N–H and O–H groups in total. The Balaban J connectivity index is 2.78. The highest BCUT2D eigenvalue weighted by molar-refractivity contribution is 5.69. The third-order valence-corrected chi connectivity index (χ3v) is 2.94. The number of hydrogen-bond donors (Lipinski definition) is 0. The van der Waals surface area contributed by atoms with Crippen LogP contribution < -0.4 is 9.47 Å². The number of nitrogens with zero attached hydrogens (tertiary/aromatic N) is 1. The molecule has 0 aliphatic carbocycles. The Morgan fingerprint density at radius 3 is 2.25 bits per heavy atom. The van der Waals surface area contributed by atoms with Crippen molar-refractivity contribution in [3.63, 3.8) is 0 Å². The molecule has 0 saturated heterocycles. The molecule has 0 unspecified atom stereocenters. The van der Waals surface area contributed by atoms with Crippen LogP contribution in [-0.2, 0) is 25.4 Å². The summed E-state index contributed by atoms with van der Waals surface area (Å²) in [5.41, 5.74) is 0.600. The van der Waals surface area contributed by atoms with Crippen LogP contribution in [0.4, 0.5) is 9.59 Å². The molecule has 0 amide bonds. The van der Waals surface area contributed by atoms with Gasteiger partial charge in [-0.1, -0.05) is 0 Å². The lowest BCUT2D eigenvalue weighted by Crippen LogP contribution is -2.12. The molecular weight excluding hydrogens is 322 g/mol. The minimum atomic E-state index is -0.947. The SMILES string of the molecule is COC(=O)CCCCc1cnc(OC(=O)OC)cc1OC(=O)OC. The Kier molecular flexibility index (Phi) is 8.03. The van der Waals surface area contributed by atoms with Gasteiger partial charge in [-0.25, -0.2) is 14.6 Å². The fourth-order valence-electron chi connectivity index (χ4n) is 1.73. The maximum absolute atomic E-state index is 11.3. The number of unbranched alkanes of at least 4 members (excludes halogenated alkanes) is 1. The van der Waals surface area contributed by atoms with Crippen molar-refractivity contribution in [2.45, 2.75) is 25.7 Å². The van der Waals surface area contributed by atoms with Gasteiger partial charge in [0.25, 0.3) is 0 Å². The van der Waals surface area contributed by atoms with E-state index in [9.17, 15) is 14.4 Å². The molecule has 0 radical (unpaired) electrons. The number of aryl methyl sites for hydroxylation is 1. The first-order chi connectivity index (χ1) is 11.5. The third kappa shape index (κ3) is 6.51. The second-order valence-electron chi connectivity index (χ2n) is 4.53. The Hall–Kier alpha value is -2.84. The van der Waals surface area contributed by atoms with Gasteiger partial charge in [0.15, 0.2) is 0 Å². The molecule has 132 valence electrons. The van der Waals surface area contributed by atoms with E-state index in [4.69, 9.17) is 9.47 Å². The van der Waals surface area contributed by atoms with Crippen molar-refractivity contribution in [1.82, 2.24) is 4.98 Å². The molecule has 0 aromatic carbocycles. The van der Waals surface area contributed by atoms with Crippen molar-refractivity contribution in [3.8, 4) is 11.6 Å². The quantitative estimate of drug-likeness (QED) is 0.419. The normalized spacial score (nSPS) is 9.79. The lowest BCUT2D eigenvalue weighted by atomic mass is 10.1. The van der Waals surface area contributed by atoms with Crippen LogP contribution in [0.25, 0.3) is 0 Å². The fourth-order valence-corrected chi connectivity index (χ4v) is 1.73. The third-order valence-electron chi connectivity index (χ3n) is 2.94. The highest BCUT2D eigenvalue weighted by Gasteiger charge is 2.14. The van der Waals surface area contributed by atoms with Gasteiger partial charge in [-0.2, -0.15) is 0 Å². The zero-order chi connectivity index (χ0) is 17.9. The van der Waals surface area contributed by atoms with Gasteiger partial charge >= 0.3 is 18.3 Å². The predicted molar refractivity (Wildman–Crippen MR) is 79.9 cm³/mol. The molecule has 0 atom stereocenters. The van der Waals surface area contributed by atoms with Gasteiger partial charge in [0.05, 0.1) is 21.3 Å². The van der Waals surface area contributed by atoms with Crippen LogP contribution in [0.1, 0.15) is 24.8 Å². The van der Waals surface area contributed by atoms with Crippen LogP contribution in [-0.4, -0.2) is 44.6 Å². The number of carbonyl (C=O) groups is 3. The van der Waals surface area contributed by atoms with Crippen molar-refractivity contribution in [3.05, 3.63) is 17.8 Å². The summed E-state index contributed by atoms with van der Waals surface area (Å²) in [6.45, 7) is 0. The molecule has 0 bridgehead atoms. The number of ether oxygens (including phenoxy) is 5. The number of carbonyl (C=O) groups excluding carboxylic acids is 3.